The second-order valence-electron chi connectivity index (χ2n) is 4.36. The van der Waals surface area contributed by atoms with Gasteiger partial charge in [-0.25, -0.2) is 4.68 Å². The van der Waals surface area contributed by atoms with Crippen LogP contribution in [-0.2, 0) is 6.42 Å². The molecule has 0 unspecified atom stereocenters. The maximum Gasteiger partial charge on any atom is 0.145 e. The lowest BCUT2D eigenvalue weighted by atomic mass is 10.2. The first-order valence-electron chi connectivity index (χ1n) is 5.95. The average molecular weight is 238 g/mol. The Morgan fingerprint density at radius 3 is 2.75 bits per heavy atom. The van der Waals surface area contributed by atoms with Crippen LogP contribution in [0, 0.1) is 11.3 Å². The Balaban J connectivity index is 2.35. The summed E-state index contributed by atoms with van der Waals surface area (Å²) >= 11 is 6.22. The number of nitriles is 1. The van der Waals surface area contributed by atoms with Gasteiger partial charge in [0.05, 0.1) is 11.7 Å². The number of aryl methyl sites for hydroxylation is 1. The highest BCUT2D eigenvalue weighted by Crippen LogP contribution is 2.33. The number of hydrogen-bond donors (Lipinski definition) is 0. The van der Waals surface area contributed by atoms with E-state index in [1.165, 1.54) is 12.8 Å². The standard InChI is InChI=1S/C12H16ClN3/c1-2-5-11-10(8-14)12(13)16(15-11)9-6-3-4-7-9/h9H,2-7H2,1H3. The second kappa shape index (κ2) is 4.88. The Labute approximate surface area is 101 Å². The summed E-state index contributed by atoms with van der Waals surface area (Å²) in [5, 5.41) is 14.1. The summed E-state index contributed by atoms with van der Waals surface area (Å²) in [6, 6.07) is 2.58. The lowest BCUT2D eigenvalue weighted by Crippen LogP contribution is -2.07. The fourth-order valence-corrected chi connectivity index (χ4v) is 2.70. The van der Waals surface area contributed by atoms with Gasteiger partial charge >= 0.3 is 0 Å². The molecule has 0 aromatic carbocycles. The predicted molar refractivity (Wildman–Crippen MR) is 63.5 cm³/mol. The van der Waals surface area contributed by atoms with Crippen molar-refractivity contribution in [1.82, 2.24) is 9.78 Å². The Hall–Kier alpha value is -1.01. The second-order valence-corrected chi connectivity index (χ2v) is 4.72. The molecule has 0 spiro atoms. The topological polar surface area (TPSA) is 41.6 Å². The highest BCUT2D eigenvalue weighted by molar-refractivity contribution is 6.30. The molecular formula is C12H16ClN3. The lowest BCUT2D eigenvalue weighted by Gasteiger charge is -2.10. The van der Waals surface area contributed by atoms with Gasteiger partial charge in [0.15, 0.2) is 0 Å². The molecule has 1 heterocycles. The van der Waals surface area contributed by atoms with Crippen LogP contribution in [0.25, 0.3) is 0 Å². The Morgan fingerprint density at radius 2 is 2.19 bits per heavy atom. The highest BCUT2D eigenvalue weighted by atomic mass is 35.5. The number of hydrogen-bond acceptors (Lipinski definition) is 2. The molecule has 0 N–H and O–H groups in total. The molecule has 1 saturated carbocycles. The highest BCUT2D eigenvalue weighted by Gasteiger charge is 2.23. The van der Waals surface area contributed by atoms with E-state index in [1.54, 1.807) is 0 Å². The Kier molecular flexibility index (Phi) is 3.50. The van der Waals surface area contributed by atoms with Gasteiger partial charge < -0.3 is 0 Å². The van der Waals surface area contributed by atoms with E-state index in [2.05, 4.69) is 18.1 Å². The Morgan fingerprint density at radius 1 is 1.50 bits per heavy atom. The molecule has 0 saturated heterocycles. The zero-order valence-corrected chi connectivity index (χ0v) is 10.3. The minimum atomic E-state index is 0.408. The van der Waals surface area contributed by atoms with E-state index in [4.69, 9.17) is 16.9 Å². The van der Waals surface area contributed by atoms with Crippen LogP contribution in [0.4, 0.5) is 0 Å². The minimum Gasteiger partial charge on any atom is -0.249 e. The molecule has 0 atom stereocenters. The number of rotatable bonds is 3. The molecule has 1 aromatic rings. The molecule has 3 nitrogen and oxygen atoms in total. The van der Waals surface area contributed by atoms with Crippen LogP contribution in [0.2, 0.25) is 5.15 Å². The van der Waals surface area contributed by atoms with Crippen LogP contribution in [0.3, 0.4) is 0 Å². The van der Waals surface area contributed by atoms with Crippen molar-refractivity contribution >= 4 is 11.6 Å². The van der Waals surface area contributed by atoms with Crippen molar-refractivity contribution in [3.8, 4) is 6.07 Å². The van der Waals surface area contributed by atoms with Gasteiger partial charge in [-0.15, -0.1) is 0 Å². The molecule has 0 radical (unpaired) electrons. The molecule has 1 fully saturated rings. The maximum absolute atomic E-state index is 9.09. The molecular weight excluding hydrogens is 222 g/mol. The van der Waals surface area contributed by atoms with Crippen LogP contribution in [-0.4, -0.2) is 9.78 Å². The van der Waals surface area contributed by atoms with Crippen molar-refractivity contribution in [3.05, 3.63) is 16.4 Å². The molecule has 16 heavy (non-hydrogen) atoms. The van der Waals surface area contributed by atoms with E-state index in [0.29, 0.717) is 16.8 Å². The van der Waals surface area contributed by atoms with Gasteiger partial charge in [0.25, 0.3) is 0 Å². The summed E-state index contributed by atoms with van der Waals surface area (Å²) in [5.74, 6) is 0. The normalized spacial score (nSPS) is 16.6. The zero-order valence-electron chi connectivity index (χ0n) is 9.54. The van der Waals surface area contributed by atoms with Crippen molar-refractivity contribution in [3.63, 3.8) is 0 Å². The SMILES string of the molecule is CCCc1nn(C2CCCC2)c(Cl)c1C#N. The Bertz CT molecular complexity index is 411. The lowest BCUT2D eigenvalue weighted by molar-refractivity contribution is 0.463. The van der Waals surface area contributed by atoms with Crippen molar-refractivity contribution in [2.45, 2.75) is 51.5 Å². The first kappa shape index (κ1) is 11.5. The molecule has 0 aliphatic heterocycles. The summed E-state index contributed by atoms with van der Waals surface area (Å²) in [6.07, 6.45) is 6.59. The van der Waals surface area contributed by atoms with Gasteiger partial charge in [-0.1, -0.05) is 37.8 Å². The van der Waals surface area contributed by atoms with Gasteiger partial charge in [0.2, 0.25) is 0 Å². The summed E-state index contributed by atoms with van der Waals surface area (Å²) in [6.45, 7) is 2.09. The first-order valence-corrected chi connectivity index (χ1v) is 6.32. The van der Waals surface area contributed by atoms with Crippen molar-refractivity contribution in [1.29, 1.82) is 5.26 Å². The van der Waals surface area contributed by atoms with Gasteiger partial charge in [-0.2, -0.15) is 10.4 Å². The molecule has 0 bridgehead atoms. The molecule has 0 amide bonds. The first-order chi connectivity index (χ1) is 7.77. The van der Waals surface area contributed by atoms with Crippen LogP contribution < -0.4 is 0 Å². The molecule has 1 aliphatic rings. The summed E-state index contributed by atoms with van der Waals surface area (Å²) in [5.41, 5.74) is 1.44. The van der Waals surface area contributed by atoms with Crippen LogP contribution >= 0.6 is 11.6 Å². The van der Waals surface area contributed by atoms with E-state index >= 15 is 0 Å². The zero-order chi connectivity index (χ0) is 11.5. The monoisotopic (exact) mass is 237 g/mol. The van der Waals surface area contributed by atoms with E-state index in [-0.39, 0.29) is 0 Å². The molecule has 1 aromatic heterocycles. The van der Waals surface area contributed by atoms with Gasteiger partial charge in [-0.05, 0) is 19.3 Å². The van der Waals surface area contributed by atoms with E-state index in [9.17, 15) is 0 Å². The van der Waals surface area contributed by atoms with E-state index in [1.807, 2.05) is 4.68 Å². The van der Waals surface area contributed by atoms with Crippen LogP contribution in [0.15, 0.2) is 0 Å². The number of nitrogens with zero attached hydrogens (tertiary/aromatic N) is 3. The largest absolute Gasteiger partial charge is 0.249 e. The summed E-state index contributed by atoms with van der Waals surface area (Å²) in [4.78, 5) is 0. The van der Waals surface area contributed by atoms with E-state index in [0.717, 1.165) is 31.4 Å². The average Bonchev–Trinajstić information content (AvgIpc) is 2.87. The molecule has 4 heteroatoms. The quantitative estimate of drug-likeness (QED) is 0.808. The van der Waals surface area contributed by atoms with Crippen molar-refractivity contribution in [2.75, 3.05) is 0 Å². The van der Waals surface area contributed by atoms with E-state index < -0.39 is 0 Å². The van der Waals surface area contributed by atoms with Crippen molar-refractivity contribution < 1.29 is 0 Å². The maximum atomic E-state index is 9.09. The number of halogens is 1. The summed E-state index contributed by atoms with van der Waals surface area (Å²) in [7, 11) is 0. The number of aromatic nitrogens is 2. The molecule has 86 valence electrons. The fraction of sp³-hybridized carbons (Fsp3) is 0.667. The molecule has 1 aliphatic carbocycles. The van der Waals surface area contributed by atoms with Gasteiger partial charge in [0.1, 0.15) is 16.8 Å². The smallest absolute Gasteiger partial charge is 0.145 e. The van der Waals surface area contributed by atoms with Crippen LogP contribution in [0.5, 0.6) is 0 Å². The predicted octanol–water partition coefficient (Wildman–Crippen LogP) is 3.48. The van der Waals surface area contributed by atoms with Gasteiger partial charge in [0, 0.05) is 0 Å². The third kappa shape index (κ3) is 1.94. The summed E-state index contributed by atoms with van der Waals surface area (Å²) < 4.78 is 1.87. The van der Waals surface area contributed by atoms with Gasteiger partial charge in [-0.3, -0.25) is 0 Å². The third-order valence-corrected chi connectivity index (χ3v) is 3.56. The minimum absolute atomic E-state index is 0.408. The fourth-order valence-electron chi connectivity index (χ4n) is 2.37. The third-order valence-electron chi connectivity index (χ3n) is 3.19. The molecule has 2 rings (SSSR count). The van der Waals surface area contributed by atoms with Crippen molar-refractivity contribution in [2.24, 2.45) is 0 Å². The van der Waals surface area contributed by atoms with Crippen LogP contribution in [0.1, 0.15) is 56.3 Å².